The van der Waals surface area contributed by atoms with Crippen LogP contribution in [0.1, 0.15) is 10.5 Å². The van der Waals surface area contributed by atoms with E-state index in [0.717, 1.165) is 0 Å². The van der Waals surface area contributed by atoms with Crippen molar-refractivity contribution >= 4 is 5.97 Å². The lowest BCUT2D eigenvalue weighted by atomic mass is 10.1. The minimum Gasteiger partial charge on any atom is -0.493 e. The first-order valence-electron chi connectivity index (χ1n) is 5.98. The van der Waals surface area contributed by atoms with E-state index in [9.17, 15) is 9.18 Å². The van der Waals surface area contributed by atoms with Crippen molar-refractivity contribution in [3.8, 4) is 28.6 Å². The Labute approximate surface area is 117 Å². The molecule has 1 aliphatic rings. The highest BCUT2D eigenvalue weighted by atomic mass is 19.1. The maximum absolute atomic E-state index is 14.4. The van der Waals surface area contributed by atoms with Crippen molar-refractivity contribution in [2.24, 2.45) is 0 Å². The van der Waals surface area contributed by atoms with Gasteiger partial charge in [0.05, 0.1) is 12.7 Å². The highest BCUT2D eigenvalue weighted by Crippen LogP contribution is 2.44. The van der Waals surface area contributed by atoms with Gasteiger partial charge in [-0.1, -0.05) is 5.16 Å². The van der Waals surface area contributed by atoms with Crippen LogP contribution in [0.2, 0.25) is 0 Å². The predicted molar refractivity (Wildman–Crippen MR) is 66.4 cm³/mol. The number of aromatic carboxylic acids is 1. The minimum atomic E-state index is -1.25. The van der Waals surface area contributed by atoms with Crippen molar-refractivity contribution in [1.29, 1.82) is 0 Å². The van der Waals surface area contributed by atoms with E-state index in [0.29, 0.717) is 0 Å². The fourth-order valence-corrected chi connectivity index (χ4v) is 2.01. The zero-order valence-electron chi connectivity index (χ0n) is 10.9. The van der Waals surface area contributed by atoms with Gasteiger partial charge in [0.25, 0.3) is 0 Å². The van der Waals surface area contributed by atoms with Crippen molar-refractivity contribution in [3.05, 3.63) is 23.6 Å². The number of ether oxygens (including phenoxy) is 3. The maximum Gasteiger partial charge on any atom is 0.358 e. The zero-order chi connectivity index (χ0) is 15.0. The first-order valence-corrected chi connectivity index (χ1v) is 5.98. The Bertz CT molecular complexity index is 711. The molecule has 0 amide bonds. The molecule has 1 aromatic carbocycles. The zero-order valence-corrected chi connectivity index (χ0v) is 10.9. The molecule has 2 heterocycles. The molecule has 0 saturated heterocycles. The summed E-state index contributed by atoms with van der Waals surface area (Å²) in [5.74, 6) is -1.91. The molecule has 8 heteroatoms. The first kappa shape index (κ1) is 13.2. The van der Waals surface area contributed by atoms with Gasteiger partial charge in [0.1, 0.15) is 13.2 Å². The molecule has 2 aromatic rings. The highest BCUT2D eigenvalue weighted by molar-refractivity contribution is 5.87. The van der Waals surface area contributed by atoms with Crippen LogP contribution in [-0.4, -0.2) is 36.6 Å². The van der Waals surface area contributed by atoms with E-state index in [2.05, 4.69) is 5.16 Å². The Morgan fingerprint density at radius 1 is 1.38 bits per heavy atom. The normalized spacial score (nSPS) is 13.0. The Morgan fingerprint density at radius 2 is 2.14 bits per heavy atom. The van der Waals surface area contributed by atoms with Gasteiger partial charge < -0.3 is 23.8 Å². The fourth-order valence-electron chi connectivity index (χ4n) is 2.01. The molecule has 0 aliphatic carbocycles. The van der Waals surface area contributed by atoms with E-state index in [1.54, 1.807) is 0 Å². The standard InChI is InChI=1S/C13H10FNO6/c1-18-11-6(8-5-7(13(16)17)15-21-8)4-9-12(10(11)14)20-3-2-19-9/h4-5H,2-3H2,1H3,(H,16,17). The summed E-state index contributed by atoms with van der Waals surface area (Å²) in [7, 11) is 1.28. The molecule has 3 rings (SSSR count). The van der Waals surface area contributed by atoms with Crippen LogP contribution in [0, 0.1) is 5.82 Å². The second-order valence-electron chi connectivity index (χ2n) is 4.18. The van der Waals surface area contributed by atoms with Gasteiger partial charge in [0.15, 0.2) is 23.0 Å². The molecule has 1 N–H and O–H groups in total. The quantitative estimate of drug-likeness (QED) is 0.925. The molecule has 0 bridgehead atoms. The van der Waals surface area contributed by atoms with Gasteiger partial charge >= 0.3 is 5.97 Å². The lowest BCUT2D eigenvalue weighted by Crippen LogP contribution is -2.17. The molecule has 0 unspecified atom stereocenters. The maximum atomic E-state index is 14.4. The molecule has 110 valence electrons. The molecule has 1 aliphatic heterocycles. The molecule has 7 nitrogen and oxygen atoms in total. The number of methoxy groups -OCH3 is 1. The summed E-state index contributed by atoms with van der Waals surface area (Å²) in [6.07, 6.45) is 0. The molecule has 0 radical (unpaired) electrons. The van der Waals surface area contributed by atoms with Crippen molar-refractivity contribution in [2.45, 2.75) is 0 Å². The van der Waals surface area contributed by atoms with Gasteiger partial charge in [-0.15, -0.1) is 0 Å². The summed E-state index contributed by atoms with van der Waals surface area (Å²) < 4.78 is 34.8. The Hall–Kier alpha value is -2.77. The van der Waals surface area contributed by atoms with Crippen LogP contribution in [0.3, 0.4) is 0 Å². The molecule has 0 saturated carbocycles. The van der Waals surface area contributed by atoms with Gasteiger partial charge in [-0.3, -0.25) is 0 Å². The smallest absolute Gasteiger partial charge is 0.358 e. The molecular weight excluding hydrogens is 285 g/mol. The summed E-state index contributed by atoms with van der Waals surface area (Å²) in [4.78, 5) is 10.8. The van der Waals surface area contributed by atoms with Crippen molar-refractivity contribution in [1.82, 2.24) is 5.16 Å². The van der Waals surface area contributed by atoms with Crippen molar-refractivity contribution < 1.29 is 33.0 Å². The largest absolute Gasteiger partial charge is 0.493 e. The highest BCUT2D eigenvalue weighted by Gasteiger charge is 2.27. The SMILES string of the molecule is COc1c(-c2cc(C(=O)O)no2)cc2c(c1F)OCCO2. The number of benzene rings is 1. The predicted octanol–water partition coefficient (Wildman–Crippen LogP) is 1.96. The van der Waals surface area contributed by atoms with E-state index in [4.69, 9.17) is 23.8 Å². The van der Waals surface area contributed by atoms with Crippen LogP contribution in [-0.2, 0) is 0 Å². The summed E-state index contributed by atoms with van der Waals surface area (Å²) in [5, 5.41) is 12.2. The second-order valence-corrected chi connectivity index (χ2v) is 4.18. The van der Waals surface area contributed by atoms with Gasteiger partial charge in [0, 0.05) is 6.07 Å². The number of carboxylic acids is 1. The van der Waals surface area contributed by atoms with Crippen LogP contribution in [0.15, 0.2) is 16.7 Å². The van der Waals surface area contributed by atoms with Gasteiger partial charge in [0.2, 0.25) is 11.6 Å². The minimum absolute atomic E-state index is 0.0418. The van der Waals surface area contributed by atoms with E-state index in [1.165, 1.54) is 19.2 Å². The fraction of sp³-hybridized carbons (Fsp3) is 0.231. The molecule has 21 heavy (non-hydrogen) atoms. The first-order chi connectivity index (χ1) is 10.1. The number of nitrogens with zero attached hydrogens (tertiary/aromatic N) is 1. The number of carboxylic acid groups (broad SMARTS) is 1. The summed E-state index contributed by atoms with van der Waals surface area (Å²) >= 11 is 0. The lowest BCUT2D eigenvalue weighted by molar-refractivity contribution is 0.0686. The van der Waals surface area contributed by atoms with Gasteiger partial charge in [-0.2, -0.15) is 4.39 Å². The number of rotatable bonds is 3. The third kappa shape index (κ3) is 2.14. The monoisotopic (exact) mass is 295 g/mol. The molecule has 0 fully saturated rings. The van der Waals surface area contributed by atoms with E-state index in [-0.39, 0.29) is 47.5 Å². The van der Waals surface area contributed by atoms with E-state index in [1.807, 2.05) is 0 Å². The van der Waals surface area contributed by atoms with Crippen LogP contribution in [0.5, 0.6) is 17.2 Å². The number of fused-ring (bicyclic) bond motifs is 1. The molecule has 0 atom stereocenters. The molecule has 0 spiro atoms. The summed E-state index contributed by atoms with van der Waals surface area (Å²) in [5.41, 5.74) is -0.0957. The Balaban J connectivity index is 2.16. The average molecular weight is 295 g/mol. The number of aromatic nitrogens is 1. The average Bonchev–Trinajstić information content (AvgIpc) is 2.97. The van der Waals surface area contributed by atoms with Crippen LogP contribution in [0.25, 0.3) is 11.3 Å². The number of carbonyl (C=O) groups is 1. The summed E-state index contributed by atoms with van der Waals surface area (Å²) in [6, 6.07) is 2.64. The number of hydrogen-bond donors (Lipinski definition) is 1. The third-order valence-corrected chi connectivity index (χ3v) is 2.93. The summed E-state index contributed by atoms with van der Waals surface area (Å²) in [6.45, 7) is 0.521. The van der Waals surface area contributed by atoms with Crippen LogP contribution in [0.4, 0.5) is 4.39 Å². The Kier molecular flexibility index (Phi) is 3.13. The van der Waals surface area contributed by atoms with Crippen LogP contribution < -0.4 is 14.2 Å². The van der Waals surface area contributed by atoms with Gasteiger partial charge in [-0.05, 0) is 6.07 Å². The number of halogens is 1. The van der Waals surface area contributed by atoms with Crippen LogP contribution >= 0.6 is 0 Å². The lowest BCUT2D eigenvalue weighted by Gasteiger charge is -2.21. The van der Waals surface area contributed by atoms with E-state index < -0.39 is 11.8 Å². The Morgan fingerprint density at radius 3 is 2.81 bits per heavy atom. The van der Waals surface area contributed by atoms with Gasteiger partial charge in [-0.25, -0.2) is 4.79 Å². The topological polar surface area (TPSA) is 91.0 Å². The van der Waals surface area contributed by atoms with Crippen molar-refractivity contribution in [3.63, 3.8) is 0 Å². The molecular formula is C13H10FNO6. The third-order valence-electron chi connectivity index (χ3n) is 2.93. The molecule has 1 aromatic heterocycles. The second kappa shape index (κ2) is 4.97. The van der Waals surface area contributed by atoms with E-state index >= 15 is 0 Å². The number of hydrogen-bond acceptors (Lipinski definition) is 6. The van der Waals surface area contributed by atoms with Crippen molar-refractivity contribution in [2.75, 3.05) is 20.3 Å².